The Kier molecular flexibility index (Phi) is 5.66. The number of carbonyl (C=O) groups excluding carboxylic acids is 2. The lowest BCUT2D eigenvalue weighted by atomic mass is 9.75. The van der Waals surface area contributed by atoms with Gasteiger partial charge in [-0.15, -0.1) is 0 Å². The maximum atomic E-state index is 14.5. The fraction of sp³-hybridized carbons (Fsp3) is 0.389. The van der Waals surface area contributed by atoms with Gasteiger partial charge in [-0.1, -0.05) is 12.1 Å². The zero-order valence-electron chi connectivity index (χ0n) is 14.4. The van der Waals surface area contributed by atoms with E-state index in [1.807, 2.05) is 0 Å². The first-order valence-electron chi connectivity index (χ1n) is 7.78. The third kappa shape index (κ3) is 3.45. The Labute approximate surface area is 144 Å². The second-order valence-electron chi connectivity index (χ2n) is 5.59. The van der Waals surface area contributed by atoms with E-state index in [-0.39, 0.29) is 17.7 Å². The number of hydrogen-bond acceptors (Lipinski definition) is 5. The third-order valence-corrected chi connectivity index (χ3v) is 4.10. The van der Waals surface area contributed by atoms with Crippen LogP contribution in [0, 0.1) is 17.6 Å². The molecular formula is C18H19F2NO4. The zero-order valence-corrected chi connectivity index (χ0v) is 14.4. The Morgan fingerprint density at radius 3 is 2.52 bits per heavy atom. The van der Waals surface area contributed by atoms with E-state index in [1.165, 1.54) is 19.2 Å². The topological polar surface area (TPSA) is 65.0 Å². The lowest BCUT2D eigenvalue weighted by Gasteiger charge is -2.31. The quantitative estimate of drug-likeness (QED) is 0.782. The summed E-state index contributed by atoms with van der Waals surface area (Å²) in [6.45, 7) is 4.87. The number of hydrogen-bond donors (Lipinski definition) is 0. The number of rotatable bonds is 4. The van der Waals surface area contributed by atoms with Crippen molar-refractivity contribution in [2.75, 3.05) is 13.7 Å². The van der Waals surface area contributed by atoms with Crippen molar-refractivity contribution in [3.05, 3.63) is 46.7 Å². The second kappa shape index (κ2) is 7.55. The molecule has 0 amide bonds. The highest BCUT2D eigenvalue weighted by Gasteiger charge is 2.43. The van der Waals surface area contributed by atoms with E-state index in [4.69, 9.17) is 9.47 Å². The minimum Gasteiger partial charge on any atom is -0.468 e. The van der Waals surface area contributed by atoms with E-state index in [1.54, 1.807) is 20.8 Å². The number of nitrogens with zero attached hydrogens (tertiary/aromatic N) is 1. The molecule has 0 spiro atoms. The highest BCUT2D eigenvalue weighted by Crippen LogP contribution is 2.41. The number of carbonyl (C=O) groups is 2. The smallest absolute Gasteiger partial charge is 0.336 e. The highest BCUT2D eigenvalue weighted by atomic mass is 19.2. The van der Waals surface area contributed by atoms with Gasteiger partial charge in [0, 0.05) is 17.3 Å². The summed E-state index contributed by atoms with van der Waals surface area (Å²) in [5.74, 6) is -5.74. The Bertz CT molecular complexity index is 770. The number of benzene rings is 1. The van der Waals surface area contributed by atoms with Gasteiger partial charge in [-0.25, -0.2) is 13.6 Å². The lowest BCUT2D eigenvalue weighted by molar-refractivity contribution is -0.144. The molecule has 0 aromatic heterocycles. The standard InChI is InChI=1S/C18H19F2NO4/c1-5-25-18(23)14-10(3)21-9(2)13(17(22)24-4)15(14)11-7-6-8-12(19)16(11)20/h6-8,13,15H,5H2,1-4H3. The second-order valence-corrected chi connectivity index (χ2v) is 5.59. The van der Waals surface area contributed by atoms with Crippen LogP contribution in [0.25, 0.3) is 0 Å². The molecule has 1 aromatic rings. The first kappa shape index (κ1) is 18.8. The molecule has 0 saturated carbocycles. The molecular weight excluding hydrogens is 332 g/mol. The van der Waals surface area contributed by atoms with Gasteiger partial charge in [0.1, 0.15) is 5.92 Å². The minimum atomic E-state index is -1.12. The van der Waals surface area contributed by atoms with E-state index >= 15 is 0 Å². The summed E-state index contributed by atoms with van der Waals surface area (Å²) >= 11 is 0. The van der Waals surface area contributed by atoms with Crippen molar-refractivity contribution in [3.8, 4) is 0 Å². The van der Waals surface area contributed by atoms with Crippen LogP contribution in [0.2, 0.25) is 0 Å². The average Bonchev–Trinajstić information content (AvgIpc) is 2.56. The van der Waals surface area contributed by atoms with Gasteiger partial charge in [0.15, 0.2) is 11.6 Å². The molecule has 1 aliphatic heterocycles. The van der Waals surface area contributed by atoms with E-state index in [9.17, 15) is 18.4 Å². The van der Waals surface area contributed by atoms with Crippen LogP contribution in [0.4, 0.5) is 8.78 Å². The molecule has 134 valence electrons. The summed E-state index contributed by atoms with van der Waals surface area (Å²) in [5.41, 5.74) is 0.551. The lowest BCUT2D eigenvalue weighted by Crippen LogP contribution is -2.36. The third-order valence-electron chi connectivity index (χ3n) is 4.10. The molecule has 0 radical (unpaired) electrons. The molecule has 2 unspecified atom stereocenters. The predicted molar refractivity (Wildman–Crippen MR) is 87.0 cm³/mol. The number of halogens is 2. The summed E-state index contributed by atoms with van der Waals surface area (Å²) in [5, 5.41) is 0. The van der Waals surface area contributed by atoms with E-state index in [0.717, 1.165) is 6.07 Å². The van der Waals surface area contributed by atoms with Gasteiger partial charge in [-0.05, 0) is 32.4 Å². The molecule has 5 nitrogen and oxygen atoms in total. The van der Waals surface area contributed by atoms with Crippen LogP contribution in [0.3, 0.4) is 0 Å². The molecule has 2 rings (SSSR count). The summed E-state index contributed by atoms with van der Waals surface area (Å²) in [4.78, 5) is 29.0. The molecule has 0 N–H and O–H groups in total. The van der Waals surface area contributed by atoms with Crippen LogP contribution in [0.15, 0.2) is 34.5 Å². The number of esters is 2. The molecule has 1 aromatic carbocycles. The summed E-state index contributed by atoms with van der Waals surface area (Å²) in [7, 11) is 1.18. The van der Waals surface area contributed by atoms with Gasteiger partial charge in [-0.3, -0.25) is 9.79 Å². The van der Waals surface area contributed by atoms with E-state index < -0.39 is 35.4 Å². The van der Waals surface area contributed by atoms with Crippen LogP contribution in [0.1, 0.15) is 32.3 Å². The number of ether oxygens (including phenoxy) is 2. The van der Waals surface area contributed by atoms with Crippen molar-refractivity contribution in [3.63, 3.8) is 0 Å². The van der Waals surface area contributed by atoms with Gasteiger partial charge < -0.3 is 9.47 Å². The summed E-state index contributed by atoms with van der Waals surface area (Å²) in [6.07, 6.45) is 0. The van der Waals surface area contributed by atoms with Crippen molar-refractivity contribution in [2.45, 2.75) is 26.7 Å². The van der Waals surface area contributed by atoms with Crippen molar-refractivity contribution >= 4 is 17.7 Å². The van der Waals surface area contributed by atoms with Crippen molar-refractivity contribution < 1.29 is 27.8 Å². The van der Waals surface area contributed by atoms with Crippen LogP contribution in [-0.4, -0.2) is 31.4 Å². The molecule has 1 heterocycles. The van der Waals surface area contributed by atoms with Crippen molar-refractivity contribution in [2.24, 2.45) is 10.9 Å². The number of aliphatic imine (C=N–C) groups is 1. The van der Waals surface area contributed by atoms with Gasteiger partial charge in [0.2, 0.25) is 0 Å². The minimum absolute atomic E-state index is 0.0207. The van der Waals surface area contributed by atoms with Crippen molar-refractivity contribution in [1.82, 2.24) is 0 Å². The fourth-order valence-corrected chi connectivity index (χ4v) is 3.04. The molecule has 7 heteroatoms. The van der Waals surface area contributed by atoms with E-state index in [0.29, 0.717) is 11.4 Å². The summed E-state index contributed by atoms with van der Waals surface area (Å²) < 4.78 is 38.1. The first-order valence-corrected chi connectivity index (χ1v) is 7.78. The maximum Gasteiger partial charge on any atom is 0.336 e. The fourth-order valence-electron chi connectivity index (χ4n) is 3.04. The number of methoxy groups -OCH3 is 1. The van der Waals surface area contributed by atoms with Gasteiger partial charge >= 0.3 is 11.9 Å². The Morgan fingerprint density at radius 1 is 1.24 bits per heavy atom. The molecule has 2 atom stereocenters. The average molecular weight is 351 g/mol. The van der Waals surface area contributed by atoms with Gasteiger partial charge in [0.05, 0.1) is 19.3 Å². The highest BCUT2D eigenvalue weighted by molar-refractivity contribution is 6.06. The van der Waals surface area contributed by atoms with Gasteiger partial charge in [0.25, 0.3) is 0 Å². The number of allylic oxidation sites excluding steroid dienone is 1. The van der Waals surface area contributed by atoms with Crippen LogP contribution < -0.4 is 0 Å². The largest absolute Gasteiger partial charge is 0.468 e. The SMILES string of the molecule is CCOC(=O)C1=C(C)N=C(C)C(C(=O)OC)C1c1cccc(F)c1F. The van der Waals surface area contributed by atoms with E-state index in [2.05, 4.69) is 4.99 Å². The Balaban J connectivity index is 2.72. The first-order chi connectivity index (χ1) is 11.8. The molecule has 1 aliphatic rings. The van der Waals surface area contributed by atoms with Crippen LogP contribution >= 0.6 is 0 Å². The van der Waals surface area contributed by atoms with Crippen molar-refractivity contribution in [1.29, 1.82) is 0 Å². The normalized spacial score (nSPS) is 20.2. The maximum absolute atomic E-state index is 14.5. The van der Waals surface area contributed by atoms with Gasteiger partial charge in [-0.2, -0.15) is 0 Å². The molecule has 25 heavy (non-hydrogen) atoms. The zero-order chi connectivity index (χ0) is 18.7. The Morgan fingerprint density at radius 2 is 1.92 bits per heavy atom. The van der Waals surface area contributed by atoms with Crippen LogP contribution in [-0.2, 0) is 19.1 Å². The Hall–Kier alpha value is -2.57. The predicted octanol–water partition coefficient (Wildman–Crippen LogP) is 3.15. The molecule has 0 saturated heterocycles. The summed E-state index contributed by atoms with van der Waals surface area (Å²) in [6, 6.07) is 3.63. The monoisotopic (exact) mass is 351 g/mol. The van der Waals surface area contributed by atoms with Crippen LogP contribution in [0.5, 0.6) is 0 Å². The molecule has 0 bridgehead atoms. The molecule has 0 aliphatic carbocycles. The molecule has 0 fully saturated rings.